The van der Waals surface area contributed by atoms with Crippen LogP contribution in [-0.2, 0) is 4.74 Å². The number of carbonyl (C=O) groups excluding carboxylic acids is 1. The summed E-state index contributed by atoms with van der Waals surface area (Å²) in [5.74, 6) is 0.841. The number of hydrogen-bond acceptors (Lipinski definition) is 5. The van der Waals surface area contributed by atoms with E-state index in [0.717, 1.165) is 38.5 Å². The normalized spacial score (nSPS) is 12.3. The van der Waals surface area contributed by atoms with Crippen molar-refractivity contribution in [2.75, 3.05) is 27.9 Å². The first-order chi connectivity index (χ1) is 16.7. The van der Waals surface area contributed by atoms with Gasteiger partial charge in [0.15, 0.2) is 11.5 Å². The number of rotatable bonds is 15. The van der Waals surface area contributed by atoms with Crippen molar-refractivity contribution in [1.29, 1.82) is 0 Å². The molecular weight excluding hydrogens is 440 g/mol. The largest absolute Gasteiger partial charge is 0.493 e. The van der Waals surface area contributed by atoms with Crippen molar-refractivity contribution in [2.24, 2.45) is 0 Å². The van der Waals surface area contributed by atoms with E-state index in [4.69, 9.17) is 18.9 Å². The Labute approximate surface area is 212 Å². The van der Waals surface area contributed by atoms with Gasteiger partial charge in [0.25, 0.3) is 0 Å². The molecule has 5 heteroatoms. The van der Waals surface area contributed by atoms with Gasteiger partial charge in [-0.3, -0.25) is 0 Å². The van der Waals surface area contributed by atoms with Gasteiger partial charge in [0.2, 0.25) is 5.75 Å². The molecule has 0 aliphatic heterocycles. The standard InChI is InChI=1S/C30H44O5/c1-22(2)12-9-13-23(3)14-10-15-24(4)16-11-17-25(5)18-19-35-30(31)26-20-27(32-6)29(34-8)28(21-26)33-7/h12,14,16,18,20-21H,9-11,13,15,17,19H2,1-8H3/b23-14+,24-16+,25-18+. The minimum Gasteiger partial charge on any atom is -0.493 e. The van der Waals surface area contributed by atoms with Crippen LogP contribution in [0.2, 0.25) is 0 Å². The predicted octanol–water partition coefficient (Wildman–Crippen LogP) is 8.01. The summed E-state index contributed by atoms with van der Waals surface area (Å²) < 4.78 is 21.3. The molecule has 0 saturated carbocycles. The van der Waals surface area contributed by atoms with Gasteiger partial charge in [-0.15, -0.1) is 0 Å². The highest BCUT2D eigenvalue weighted by atomic mass is 16.5. The van der Waals surface area contributed by atoms with E-state index < -0.39 is 5.97 Å². The Morgan fingerprint density at radius 2 is 1.14 bits per heavy atom. The van der Waals surface area contributed by atoms with Crippen molar-refractivity contribution in [1.82, 2.24) is 0 Å². The highest BCUT2D eigenvalue weighted by Gasteiger charge is 2.17. The molecule has 0 N–H and O–H groups in total. The first kappa shape index (κ1) is 30.1. The summed E-state index contributed by atoms with van der Waals surface area (Å²) in [7, 11) is 4.55. The third-order valence-electron chi connectivity index (χ3n) is 5.70. The number of allylic oxidation sites excluding steroid dienone is 7. The molecule has 0 aliphatic carbocycles. The fraction of sp³-hybridized carbons (Fsp3) is 0.500. The molecule has 0 unspecified atom stereocenters. The molecule has 0 aliphatic rings. The quantitative estimate of drug-likeness (QED) is 0.186. The second-order valence-electron chi connectivity index (χ2n) is 9.06. The Bertz CT molecular complexity index is 905. The molecular formula is C30H44O5. The van der Waals surface area contributed by atoms with Crippen LogP contribution in [0.15, 0.2) is 58.7 Å². The number of ether oxygens (including phenoxy) is 4. The lowest BCUT2D eigenvalue weighted by molar-refractivity contribution is 0.0548. The van der Waals surface area contributed by atoms with Gasteiger partial charge < -0.3 is 18.9 Å². The van der Waals surface area contributed by atoms with Gasteiger partial charge in [-0.2, -0.15) is 0 Å². The minimum atomic E-state index is -0.437. The maximum absolute atomic E-state index is 12.5. The number of carbonyl (C=O) groups is 1. The predicted molar refractivity (Wildman–Crippen MR) is 145 cm³/mol. The van der Waals surface area contributed by atoms with E-state index >= 15 is 0 Å². The molecule has 0 heterocycles. The third kappa shape index (κ3) is 11.8. The molecule has 0 spiro atoms. The summed E-state index contributed by atoms with van der Waals surface area (Å²) in [5, 5.41) is 0. The molecule has 35 heavy (non-hydrogen) atoms. The van der Waals surface area contributed by atoms with E-state index in [0.29, 0.717) is 22.8 Å². The molecule has 1 rings (SSSR count). The monoisotopic (exact) mass is 484 g/mol. The van der Waals surface area contributed by atoms with Crippen LogP contribution < -0.4 is 14.2 Å². The van der Waals surface area contributed by atoms with Gasteiger partial charge in [-0.1, -0.05) is 40.5 Å². The summed E-state index contributed by atoms with van der Waals surface area (Å²) in [6, 6.07) is 3.18. The summed E-state index contributed by atoms with van der Waals surface area (Å²) in [6.07, 6.45) is 15.3. The SMILES string of the molecule is COc1cc(C(=O)OC/C=C(\C)CC/C=C(\C)CC/C=C(\C)CCC=C(C)C)cc(OC)c1OC. The van der Waals surface area contributed by atoms with Gasteiger partial charge >= 0.3 is 5.97 Å². The van der Waals surface area contributed by atoms with Crippen molar-refractivity contribution in [3.05, 3.63) is 64.3 Å². The van der Waals surface area contributed by atoms with Crippen LogP contribution >= 0.6 is 0 Å². The van der Waals surface area contributed by atoms with E-state index in [2.05, 4.69) is 52.8 Å². The average Bonchev–Trinajstić information content (AvgIpc) is 2.82. The van der Waals surface area contributed by atoms with Crippen molar-refractivity contribution >= 4 is 5.97 Å². The number of hydrogen-bond donors (Lipinski definition) is 0. The first-order valence-corrected chi connectivity index (χ1v) is 12.3. The van der Waals surface area contributed by atoms with Crippen LogP contribution in [0.25, 0.3) is 0 Å². The first-order valence-electron chi connectivity index (χ1n) is 12.3. The fourth-order valence-corrected chi connectivity index (χ4v) is 3.53. The van der Waals surface area contributed by atoms with Crippen molar-refractivity contribution in [3.8, 4) is 17.2 Å². The van der Waals surface area contributed by atoms with E-state index in [9.17, 15) is 4.79 Å². The summed E-state index contributed by atoms with van der Waals surface area (Å²) in [5.41, 5.74) is 5.82. The lowest BCUT2D eigenvalue weighted by Gasteiger charge is -2.13. The highest BCUT2D eigenvalue weighted by Crippen LogP contribution is 2.38. The molecule has 1 aromatic rings. The minimum absolute atomic E-state index is 0.223. The number of methoxy groups -OCH3 is 3. The van der Waals surface area contributed by atoms with E-state index in [1.807, 2.05) is 6.08 Å². The van der Waals surface area contributed by atoms with Crippen molar-refractivity contribution in [2.45, 2.75) is 73.1 Å². The van der Waals surface area contributed by atoms with Gasteiger partial charge in [0, 0.05) is 0 Å². The Balaban J connectivity index is 2.47. The third-order valence-corrected chi connectivity index (χ3v) is 5.70. The Hall–Kier alpha value is -2.95. The fourth-order valence-electron chi connectivity index (χ4n) is 3.53. The zero-order valence-corrected chi connectivity index (χ0v) is 23.0. The lowest BCUT2D eigenvalue weighted by atomic mass is 10.0. The van der Waals surface area contributed by atoms with Crippen LogP contribution in [-0.4, -0.2) is 33.9 Å². The van der Waals surface area contributed by atoms with Crippen LogP contribution in [0.1, 0.15) is 83.5 Å². The van der Waals surface area contributed by atoms with E-state index in [1.54, 1.807) is 12.1 Å². The van der Waals surface area contributed by atoms with Gasteiger partial charge in [0.05, 0.1) is 26.9 Å². The Morgan fingerprint density at radius 3 is 1.57 bits per heavy atom. The lowest BCUT2D eigenvalue weighted by Crippen LogP contribution is -2.07. The second kappa shape index (κ2) is 16.6. The highest BCUT2D eigenvalue weighted by molar-refractivity contribution is 5.91. The zero-order chi connectivity index (χ0) is 26.2. The van der Waals surface area contributed by atoms with Gasteiger partial charge in [-0.25, -0.2) is 4.79 Å². The summed E-state index contributed by atoms with van der Waals surface area (Å²) in [4.78, 5) is 12.5. The molecule has 0 radical (unpaired) electrons. The summed E-state index contributed by atoms with van der Waals surface area (Å²) in [6.45, 7) is 11.0. The maximum Gasteiger partial charge on any atom is 0.338 e. The molecule has 5 nitrogen and oxygen atoms in total. The van der Waals surface area contributed by atoms with Crippen molar-refractivity contribution in [3.63, 3.8) is 0 Å². The topological polar surface area (TPSA) is 54.0 Å². The Kier molecular flexibility index (Phi) is 14.3. The zero-order valence-electron chi connectivity index (χ0n) is 23.0. The van der Waals surface area contributed by atoms with E-state index in [1.165, 1.54) is 43.6 Å². The van der Waals surface area contributed by atoms with Crippen LogP contribution in [0.5, 0.6) is 17.2 Å². The van der Waals surface area contributed by atoms with Crippen LogP contribution in [0.3, 0.4) is 0 Å². The smallest absolute Gasteiger partial charge is 0.338 e. The molecule has 0 saturated heterocycles. The van der Waals surface area contributed by atoms with E-state index in [-0.39, 0.29) is 6.61 Å². The summed E-state index contributed by atoms with van der Waals surface area (Å²) >= 11 is 0. The molecule has 0 atom stereocenters. The second-order valence-corrected chi connectivity index (χ2v) is 9.06. The van der Waals surface area contributed by atoms with Gasteiger partial charge in [-0.05, 0) is 91.4 Å². The van der Waals surface area contributed by atoms with Crippen LogP contribution in [0, 0.1) is 0 Å². The number of esters is 1. The molecule has 0 bridgehead atoms. The van der Waals surface area contributed by atoms with Crippen LogP contribution in [0.4, 0.5) is 0 Å². The molecule has 0 amide bonds. The Morgan fingerprint density at radius 1 is 0.686 bits per heavy atom. The molecule has 0 aromatic heterocycles. The van der Waals surface area contributed by atoms with Crippen molar-refractivity contribution < 1.29 is 23.7 Å². The average molecular weight is 485 g/mol. The molecule has 1 aromatic carbocycles. The molecule has 194 valence electrons. The maximum atomic E-state index is 12.5. The molecule has 0 fully saturated rings. The van der Waals surface area contributed by atoms with Gasteiger partial charge in [0.1, 0.15) is 6.61 Å². The number of benzene rings is 1.